The van der Waals surface area contributed by atoms with Crippen molar-refractivity contribution in [1.82, 2.24) is 9.88 Å². The number of aryl methyl sites for hydroxylation is 1. The fourth-order valence-electron chi connectivity index (χ4n) is 3.92. The van der Waals surface area contributed by atoms with Gasteiger partial charge in [0.1, 0.15) is 5.92 Å². The third-order valence-electron chi connectivity index (χ3n) is 5.16. The third kappa shape index (κ3) is 2.83. The normalized spacial score (nSPS) is 17.6. The number of carboxylic acid groups (broad SMARTS) is 1. The summed E-state index contributed by atoms with van der Waals surface area (Å²) in [6, 6.07) is 16.5. The van der Waals surface area contributed by atoms with Gasteiger partial charge in [0.05, 0.1) is 0 Å². The van der Waals surface area contributed by atoms with Crippen LogP contribution < -0.4 is 0 Å². The molecule has 2 N–H and O–H groups in total. The number of para-hydroxylation sites is 1. The van der Waals surface area contributed by atoms with E-state index in [1.165, 1.54) is 16.5 Å². The zero-order chi connectivity index (χ0) is 17.4. The van der Waals surface area contributed by atoms with E-state index < -0.39 is 11.9 Å². The van der Waals surface area contributed by atoms with Gasteiger partial charge in [-0.2, -0.15) is 0 Å². The molecule has 128 valence electrons. The van der Waals surface area contributed by atoms with E-state index in [1.807, 2.05) is 18.2 Å². The van der Waals surface area contributed by atoms with E-state index in [9.17, 15) is 9.90 Å². The summed E-state index contributed by atoms with van der Waals surface area (Å²) < 4.78 is 0. The SMILES string of the molecule is CCc1cccc2c3c([nH]c12)C(C(=O)O)CN(Cc1ccccc1)C3. The molecule has 1 aromatic heterocycles. The van der Waals surface area contributed by atoms with Gasteiger partial charge in [0.25, 0.3) is 0 Å². The Labute approximate surface area is 147 Å². The predicted octanol–water partition coefficient (Wildman–Crippen LogP) is 3.91. The number of H-pyrrole nitrogens is 1. The van der Waals surface area contributed by atoms with Crippen LogP contribution in [0.3, 0.4) is 0 Å². The Morgan fingerprint density at radius 1 is 1.20 bits per heavy atom. The topological polar surface area (TPSA) is 56.3 Å². The van der Waals surface area contributed by atoms with Gasteiger partial charge in [-0.3, -0.25) is 9.69 Å². The monoisotopic (exact) mass is 334 g/mol. The molecule has 1 aliphatic rings. The van der Waals surface area contributed by atoms with Gasteiger partial charge in [-0.15, -0.1) is 0 Å². The summed E-state index contributed by atoms with van der Waals surface area (Å²) in [4.78, 5) is 17.6. The molecule has 0 saturated heterocycles. The second-order valence-corrected chi connectivity index (χ2v) is 6.76. The number of fused-ring (bicyclic) bond motifs is 3. The third-order valence-corrected chi connectivity index (χ3v) is 5.16. The molecule has 2 heterocycles. The van der Waals surface area contributed by atoms with Gasteiger partial charge in [0.2, 0.25) is 0 Å². The number of aromatic amines is 1. The first-order valence-electron chi connectivity index (χ1n) is 8.78. The molecule has 0 bridgehead atoms. The quantitative estimate of drug-likeness (QED) is 0.760. The maximum Gasteiger partial charge on any atom is 0.313 e. The number of carbonyl (C=O) groups is 1. The van der Waals surface area contributed by atoms with Crippen LogP contribution in [0.25, 0.3) is 10.9 Å². The predicted molar refractivity (Wildman–Crippen MR) is 98.6 cm³/mol. The van der Waals surface area contributed by atoms with Crippen LogP contribution in [0.2, 0.25) is 0 Å². The molecular formula is C21H22N2O2. The first-order valence-corrected chi connectivity index (χ1v) is 8.78. The Kier molecular flexibility index (Phi) is 4.06. The lowest BCUT2D eigenvalue weighted by Crippen LogP contribution is -2.36. The maximum absolute atomic E-state index is 11.9. The molecule has 4 rings (SSSR count). The van der Waals surface area contributed by atoms with Crippen molar-refractivity contribution >= 4 is 16.9 Å². The van der Waals surface area contributed by atoms with E-state index in [0.29, 0.717) is 6.54 Å². The standard InChI is InChI=1S/C21H22N2O2/c1-2-15-9-6-10-16-17-12-23(11-14-7-4-3-5-8-14)13-18(21(24)25)20(17)22-19(15)16/h3-10,18,22H,2,11-13H2,1H3,(H,24,25). The minimum absolute atomic E-state index is 0.510. The molecule has 0 spiro atoms. The van der Waals surface area contributed by atoms with Gasteiger partial charge < -0.3 is 10.1 Å². The average Bonchev–Trinajstić information content (AvgIpc) is 3.00. The summed E-state index contributed by atoms with van der Waals surface area (Å²) in [5.74, 6) is -1.27. The van der Waals surface area contributed by atoms with E-state index in [4.69, 9.17) is 0 Å². The molecule has 25 heavy (non-hydrogen) atoms. The van der Waals surface area contributed by atoms with E-state index in [-0.39, 0.29) is 0 Å². The summed E-state index contributed by atoms with van der Waals surface area (Å²) >= 11 is 0. The van der Waals surface area contributed by atoms with Crippen molar-refractivity contribution in [2.24, 2.45) is 0 Å². The van der Waals surface area contributed by atoms with Crippen molar-refractivity contribution < 1.29 is 9.90 Å². The van der Waals surface area contributed by atoms with Crippen LogP contribution in [0.1, 0.15) is 35.2 Å². The van der Waals surface area contributed by atoms with Gasteiger partial charge in [-0.05, 0) is 23.1 Å². The highest BCUT2D eigenvalue weighted by atomic mass is 16.4. The molecule has 1 atom stereocenters. The van der Waals surface area contributed by atoms with Gasteiger partial charge >= 0.3 is 5.97 Å². The van der Waals surface area contributed by atoms with Crippen LogP contribution in [0, 0.1) is 0 Å². The molecule has 3 aromatic rings. The van der Waals surface area contributed by atoms with Gasteiger partial charge in [0.15, 0.2) is 0 Å². The largest absolute Gasteiger partial charge is 0.481 e. The lowest BCUT2D eigenvalue weighted by atomic mass is 9.94. The Balaban J connectivity index is 1.76. The molecule has 0 amide bonds. The Morgan fingerprint density at radius 2 is 2.00 bits per heavy atom. The lowest BCUT2D eigenvalue weighted by Gasteiger charge is -2.31. The maximum atomic E-state index is 11.9. The minimum Gasteiger partial charge on any atom is -0.481 e. The van der Waals surface area contributed by atoms with Crippen LogP contribution in [0.5, 0.6) is 0 Å². The molecule has 1 unspecified atom stereocenters. The zero-order valence-electron chi connectivity index (χ0n) is 14.3. The van der Waals surface area contributed by atoms with Crippen molar-refractivity contribution in [2.45, 2.75) is 32.4 Å². The average molecular weight is 334 g/mol. The molecule has 2 aromatic carbocycles. The van der Waals surface area contributed by atoms with E-state index in [1.54, 1.807) is 0 Å². The number of rotatable bonds is 4. The molecular weight excluding hydrogens is 312 g/mol. The van der Waals surface area contributed by atoms with Crippen LogP contribution in [-0.4, -0.2) is 27.5 Å². The number of nitrogens with one attached hydrogen (secondary N) is 1. The Bertz CT molecular complexity index is 914. The van der Waals surface area contributed by atoms with Crippen molar-refractivity contribution in [3.05, 3.63) is 70.9 Å². The number of hydrogen-bond acceptors (Lipinski definition) is 2. The number of benzene rings is 2. The second-order valence-electron chi connectivity index (χ2n) is 6.76. The van der Waals surface area contributed by atoms with Crippen LogP contribution in [0.15, 0.2) is 48.5 Å². The van der Waals surface area contributed by atoms with Crippen LogP contribution in [-0.2, 0) is 24.3 Å². The summed E-state index contributed by atoms with van der Waals surface area (Å²) in [6.45, 7) is 4.21. The van der Waals surface area contributed by atoms with Gasteiger partial charge in [-0.1, -0.05) is 55.5 Å². The molecule has 4 heteroatoms. The second kappa shape index (κ2) is 6.37. The van der Waals surface area contributed by atoms with Crippen molar-refractivity contribution in [3.63, 3.8) is 0 Å². The minimum atomic E-state index is -0.761. The van der Waals surface area contributed by atoms with Crippen molar-refractivity contribution in [2.75, 3.05) is 6.54 Å². The number of aliphatic carboxylic acids is 1. The smallest absolute Gasteiger partial charge is 0.313 e. The highest BCUT2D eigenvalue weighted by molar-refractivity contribution is 5.90. The summed E-state index contributed by atoms with van der Waals surface area (Å²) in [5.41, 5.74) is 5.57. The Morgan fingerprint density at radius 3 is 2.72 bits per heavy atom. The first kappa shape index (κ1) is 15.9. The summed E-state index contributed by atoms with van der Waals surface area (Å²) in [6.07, 6.45) is 0.933. The highest BCUT2D eigenvalue weighted by Crippen LogP contribution is 2.35. The molecule has 1 aliphatic heterocycles. The molecule has 0 fully saturated rings. The number of nitrogens with zero attached hydrogens (tertiary/aromatic N) is 1. The fourth-order valence-corrected chi connectivity index (χ4v) is 3.92. The zero-order valence-corrected chi connectivity index (χ0v) is 14.3. The van der Waals surface area contributed by atoms with E-state index in [2.05, 4.69) is 47.1 Å². The summed E-state index contributed by atoms with van der Waals surface area (Å²) in [7, 11) is 0. The van der Waals surface area contributed by atoms with E-state index in [0.717, 1.165) is 36.3 Å². The molecule has 0 saturated carbocycles. The fraction of sp³-hybridized carbons (Fsp3) is 0.286. The number of carboxylic acids is 1. The van der Waals surface area contributed by atoms with Crippen molar-refractivity contribution in [3.8, 4) is 0 Å². The van der Waals surface area contributed by atoms with Crippen LogP contribution in [0.4, 0.5) is 0 Å². The highest BCUT2D eigenvalue weighted by Gasteiger charge is 2.33. The molecule has 4 nitrogen and oxygen atoms in total. The summed E-state index contributed by atoms with van der Waals surface area (Å²) in [5, 5.41) is 10.9. The first-order chi connectivity index (χ1) is 12.2. The van der Waals surface area contributed by atoms with Crippen LogP contribution >= 0.6 is 0 Å². The molecule has 0 aliphatic carbocycles. The Hall–Kier alpha value is -2.59. The number of hydrogen-bond donors (Lipinski definition) is 2. The van der Waals surface area contributed by atoms with Gasteiger partial charge in [-0.25, -0.2) is 0 Å². The van der Waals surface area contributed by atoms with Gasteiger partial charge in [0, 0.05) is 36.2 Å². The lowest BCUT2D eigenvalue weighted by molar-refractivity contribution is -0.139. The number of aromatic nitrogens is 1. The van der Waals surface area contributed by atoms with Crippen molar-refractivity contribution in [1.29, 1.82) is 0 Å². The van der Waals surface area contributed by atoms with E-state index >= 15 is 0 Å². The molecule has 0 radical (unpaired) electrons.